The van der Waals surface area contributed by atoms with Crippen LogP contribution < -0.4 is 10.1 Å². The fraction of sp³-hybridized carbons (Fsp3) is 0.636. The predicted molar refractivity (Wildman–Crippen MR) is 110 cm³/mol. The van der Waals surface area contributed by atoms with E-state index in [1.165, 1.54) is 6.42 Å². The van der Waals surface area contributed by atoms with Crippen molar-refractivity contribution in [1.82, 2.24) is 10.2 Å². The molecule has 1 aliphatic carbocycles. The summed E-state index contributed by atoms with van der Waals surface area (Å²) in [4.78, 5) is 27.7. The van der Waals surface area contributed by atoms with Crippen molar-refractivity contribution >= 4 is 23.4 Å². The molecule has 1 spiro atoms. The van der Waals surface area contributed by atoms with Gasteiger partial charge >= 0.3 is 0 Å². The molecule has 0 aromatic heterocycles. The van der Waals surface area contributed by atoms with Gasteiger partial charge in [0.15, 0.2) is 0 Å². The van der Waals surface area contributed by atoms with Crippen molar-refractivity contribution in [3.05, 3.63) is 28.8 Å². The van der Waals surface area contributed by atoms with E-state index in [1.807, 2.05) is 0 Å². The minimum Gasteiger partial charge on any atom is -0.484 e. The molecule has 3 aliphatic rings. The van der Waals surface area contributed by atoms with Crippen LogP contribution in [0.5, 0.6) is 5.75 Å². The molecule has 2 aliphatic heterocycles. The number of ether oxygens (including phenoxy) is 2. The summed E-state index contributed by atoms with van der Waals surface area (Å²) >= 11 is 6.15. The molecule has 0 unspecified atom stereocenters. The van der Waals surface area contributed by atoms with E-state index in [4.69, 9.17) is 21.1 Å². The van der Waals surface area contributed by atoms with Gasteiger partial charge in [-0.05, 0) is 37.0 Å². The molecule has 6 nitrogen and oxygen atoms in total. The van der Waals surface area contributed by atoms with E-state index < -0.39 is 5.60 Å². The number of carbonyl (C=O) groups is 2. The smallest absolute Gasteiger partial charge is 0.258 e. The summed E-state index contributed by atoms with van der Waals surface area (Å²) in [6, 6.07) is 5.30. The number of amides is 2. The van der Waals surface area contributed by atoms with Crippen LogP contribution >= 0.6 is 11.6 Å². The lowest BCUT2D eigenvalue weighted by atomic mass is 9.86. The van der Waals surface area contributed by atoms with Crippen molar-refractivity contribution in [2.24, 2.45) is 5.92 Å². The Bertz CT molecular complexity index is 778. The van der Waals surface area contributed by atoms with E-state index in [1.54, 1.807) is 23.1 Å². The molecular weight excluding hydrogens is 392 g/mol. The highest BCUT2D eigenvalue weighted by Crippen LogP contribution is 2.36. The molecule has 2 heterocycles. The van der Waals surface area contributed by atoms with Crippen molar-refractivity contribution < 1.29 is 19.1 Å². The Morgan fingerprint density at radius 1 is 1.28 bits per heavy atom. The zero-order chi connectivity index (χ0) is 20.4. The van der Waals surface area contributed by atoms with Crippen molar-refractivity contribution in [3.8, 4) is 5.75 Å². The van der Waals surface area contributed by atoms with Gasteiger partial charge in [-0.3, -0.25) is 9.59 Å². The number of hydrogen-bond donors (Lipinski definition) is 1. The van der Waals surface area contributed by atoms with Gasteiger partial charge in [-0.1, -0.05) is 31.4 Å². The molecule has 1 saturated carbocycles. The van der Waals surface area contributed by atoms with Crippen LogP contribution in [0.25, 0.3) is 0 Å². The third kappa shape index (κ3) is 4.53. The summed E-state index contributed by atoms with van der Waals surface area (Å²) in [6.07, 6.45) is 5.86. The molecule has 0 radical (unpaired) electrons. The van der Waals surface area contributed by atoms with E-state index >= 15 is 0 Å². The zero-order valence-electron chi connectivity index (χ0n) is 16.9. The average molecular weight is 421 g/mol. The second-order valence-corrected chi connectivity index (χ2v) is 9.07. The van der Waals surface area contributed by atoms with E-state index in [2.05, 4.69) is 12.2 Å². The lowest BCUT2D eigenvalue weighted by Gasteiger charge is -2.39. The fourth-order valence-corrected chi connectivity index (χ4v) is 4.87. The van der Waals surface area contributed by atoms with Gasteiger partial charge in [0.2, 0.25) is 5.91 Å². The van der Waals surface area contributed by atoms with Gasteiger partial charge in [0.05, 0.1) is 25.3 Å². The van der Waals surface area contributed by atoms with Crippen molar-refractivity contribution in [2.45, 2.75) is 57.1 Å². The molecule has 2 atom stereocenters. The van der Waals surface area contributed by atoms with E-state index in [-0.39, 0.29) is 24.4 Å². The summed E-state index contributed by atoms with van der Waals surface area (Å²) in [7, 11) is 0. The lowest BCUT2D eigenvalue weighted by Crippen LogP contribution is -2.53. The predicted octanol–water partition coefficient (Wildman–Crippen LogP) is 3.42. The molecule has 1 saturated heterocycles. The van der Waals surface area contributed by atoms with Crippen LogP contribution in [-0.2, 0) is 9.53 Å². The highest BCUT2D eigenvalue weighted by atomic mass is 35.5. The van der Waals surface area contributed by atoms with Crippen LogP contribution in [0.4, 0.5) is 0 Å². The van der Waals surface area contributed by atoms with Gasteiger partial charge < -0.3 is 19.7 Å². The van der Waals surface area contributed by atoms with Gasteiger partial charge in [0.25, 0.3) is 5.91 Å². The first-order valence-corrected chi connectivity index (χ1v) is 11.0. The Morgan fingerprint density at radius 2 is 2.03 bits per heavy atom. The minimum atomic E-state index is -0.536. The summed E-state index contributed by atoms with van der Waals surface area (Å²) in [5.74, 6) is 0.685. The largest absolute Gasteiger partial charge is 0.484 e. The van der Waals surface area contributed by atoms with Crippen LogP contribution in [-0.4, -0.2) is 54.7 Å². The number of hydrogen-bond acceptors (Lipinski definition) is 4. The fourth-order valence-electron chi connectivity index (χ4n) is 4.70. The van der Waals surface area contributed by atoms with Crippen LogP contribution in [0.15, 0.2) is 18.2 Å². The molecular formula is C22H29ClN2O4. The maximum atomic E-state index is 13.3. The Hall–Kier alpha value is -1.79. The van der Waals surface area contributed by atoms with E-state index in [0.29, 0.717) is 54.9 Å². The number of rotatable bonds is 3. The molecule has 29 heavy (non-hydrogen) atoms. The van der Waals surface area contributed by atoms with Gasteiger partial charge in [0, 0.05) is 23.9 Å². The van der Waals surface area contributed by atoms with E-state index in [0.717, 1.165) is 19.3 Å². The molecule has 2 amide bonds. The van der Waals surface area contributed by atoms with Crippen molar-refractivity contribution in [1.29, 1.82) is 0 Å². The number of benzene rings is 1. The third-order valence-corrected chi connectivity index (χ3v) is 6.70. The van der Waals surface area contributed by atoms with Crippen molar-refractivity contribution in [3.63, 3.8) is 0 Å². The van der Waals surface area contributed by atoms with Gasteiger partial charge in [0.1, 0.15) is 17.9 Å². The summed E-state index contributed by atoms with van der Waals surface area (Å²) in [6.45, 7) is 3.74. The lowest BCUT2D eigenvalue weighted by molar-refractivity contribution is -0.124. The molecule has 2 fully saturated rings. The van der Waals surface area contributed by atoms with Gasteiger partial charge in [-0.15, -0.1) is 0 Å². The molecule has 158 valence electrons. The maximum Gasteiger partial charge on any atom is 0.258 e. The first kappa shape index (κ1) is 20.5. The summed E-state index contributed by atoms with van der Waals surface area (Å²) < 4.78 is 11.9. The monoisotopic (exact) mass is 420 g/mol. The molecule has 7 heteroatoms. The number of halogens is 1. The Balaban J connectivity index is 1.55. The van der Waals surface area contributed by atoms with Crippen molar-refractivity contribution in [2.75, 3.05) is 26.3 Å². The standard InChI is InChI=1S/C22H29ClN2O4/c1-15-4-2-3-5-18(15)24-20(26)13-25-14-22(8-10-28-11-9-22)29-19-7-6-16(23)12-17(19)21(25)27/h6-7,12,15,18H,2-5,8-11,13-14H2,1H3,(H,24,26)/t15-,18-/m1/s1. The minimum absolute atomic E-state index is 0.0278. The average Bonchev–Trinajstić information content (AvgIpc) is 2.80. The topological polar surface area (TPSA) is 67.9 Å². The summed E-state index contributed by atoms with van der Waals surface area (Å²) in [5.41, 5.74) is -0.120. The molecule has 1 N–H and O–H groups in total. The highest BCUT2D eigenvalue weighted by molar-refractivity contribution is 6.31. The van der Waals surface area contributed by atoms with Gasteiger partial charge in [-0.2, -0.15) is 0 Å². The normalized spacial score (nSPS) is 26.4. The Labute approximate surface area is 176 Å². The number of carbonyl (C=O) groups excluding carboxylic acids is 2. The third-order valence-electron chi connectivity index (χ3n) is 6.46. The first-order chi connectivity index (χ1) is 14.0. The maximum absolute atomic E-state index is 13.3. The molecule has 0 bridgehead atoms. The van der Waals surface area contributed by atoms with Gasteiger partial charge in [-0.25, -0.2) is 0 Å². The second kappa shape index (κ2) is 8.52. The quantitative estimate of drug-likeness (QED) is 0.813. The zero-order valence-corrected chi connectivity index (χ0v) is 17.7. The highest BCUT2D eigenvalue weighted by Gasteiger charge is 2.42. The number of fused-ring (bicyclic) bond motifs is 1. The van der Waals surface area contributed by atoms with Crippen LogP contribution in [0.1, 0.15) is 55.8 Å². The first-order valence-electron chi connectivity index (χ1n) is 10.6. The van der Waals surface area contributed by atoms with E-state index in [9.17, 15) is 9.59 Å². The Morgan fingerprint density at radius 3 is 2.79 bits per heavy atom. The SMILES string of the molecule is C[C@@H]1CCCC[C@H]1NC(=O)CN1CC2(CCOCC2)Oc2ccc(Cl)cc2C1=O. The number of nitrogens with one attached hydrogen (secondary N) is 1. The molecule has 1 aromatic rings. The number of nitrogens with zero attached hydrogens (tertiary/aromatic N) is 1. The molecule has 1 aromatic carbocycles. The summed E-state index contributed by atoms with van der Waals surface area (Å²) in [5, 5.41) is 3.64. The van der Waals surface area contributed by atoms with Crippen LogP contribution in [0.3, 0.4) is 0 Å². The van der Waals surface area contributed by atoms with Crippen LogP contribution in [0, 0.1) is 5.92 Å². The molecule has 4 rings (SSSR count). The second-order valence-electron chi connectivity index (χ2n) is 8.63. The Kier molecular flexibility index (Phi) is 6.02. The van der Waals surface area contributed by atoms with Crippen LogP contribution in [0.2, 0.25) is 5.02 Å².